The van der Waals surface area contributed by atoms with Crippen molar-refractivity contribution in [3.8, 4) is 0 Å². The third-order valence-electron chi connectivity index (χ3n) is 3.52. The monoisotopic (exact) mass is 544 g/mol. The van der Waals surface area contributed by atoms with Gasteiger partial charge in [-0.25, -0.2) is 0 Å². The SMILES string of the molecule is CC(=O)[CH-]C(C)=O.CC(=O)[CH-]C(C)=O.[CH2-]CCCCCCC.[CH2-]CCCCCCC.[Sn]. The molecule has 4 radical (unpaired) electrons. The largest absolute Gasteiger partial charge is 0.343 e. The van der Waals surface area contributed by atoms with Gasteiger partial charge in [0.2, 0.25) is 0 Å². The van der Waals surface area contributed by atoms with Gasteiger partial charge in [-0.3, -0.25) is 12.8 Å². The molecule has 0 heterocycles. The Kier molecular flexibility index (Phi) is 47.9. The van der Waals surface area contributed by atoms with E-state index in [1.54, 1.807) is 0 Å². The maximum absolute atomic E-state index is 9.98. The Morgan fingerprint density at radius 2 is 0.742 bits per heavy atom. The predicted octanol–water partition coefficient (Wildman–Crippen LogP) is 6.72. The fraction of sp³-hybridized carbons (Fsp3) is 0.692. The van der Waals surface area contributed by atoms with Crippen LogP contribution in [0.25, 0.3) is 0 Å². The van der Waals surface area contributed by atoms with E-state index in [1.807, 2.05) is 0 Å². The Balaban J connectivity index is -0.0000000961. The second-order valence-corrected chi connectivity index (χ2v) is 7.27. The number of ketones is 4. The van der Waals surface area contributed by atoms with Crippen LogP contribution in [0.15, 0.2) is 0 Å². The molecule has 0 saturated carbocycles. The maximum atomic E-state index is 9.98. The van der Waals surface area contributed by atoms with Crippen molar-refractivity contribution in [2.75, 3.05) is 0 Å². The zero-order valence-electron chi connectivity index (χ0n) is 21.2. The van der Waals surface area contributed by atoms with E-state index >= 15 is 0 Å². The van der Waals surface area contributed by atoms with Gasteiger partial charge in [0.05, 0.1) is 0 Å². The van der Waals surface area contributed by atoms with E-state index in [1.165, 1.54) is 91.9 Å². The van der Waals surface area contributed by atoms with Crippen LogP contribution in [0.5, 0.6) is 0 Å². The minimum absolute atomic E-state index is 0. The van der Waals surface area contributed by atoms with Crippen molar-refractivity contribution < 1.29 is 19.2 Å². The summed E-state index contributed by atoms with van der Waals surface area (Å²) < 4.78 is 0. The van der Waals surface area contributed by atoms with Gasteiger partial charge < -0.3 is 33.0 Å². The van der Waals surface area contributed by atoms with Crippen molar-refractivity contribution in [2.24, 2.45) is 0 Å². The molecule has 0 fully saturated rings. The summed E-state index contributed by atoms with van der Waals surface area (Å²) in [6, 6.07) is 0. The van der Waals surface area contributed by atoms with Crippen molar-refractivity contribution in [3.05, 3.63) is 26.7 Å². The zero-order valence-corrected chi connectivity index (χ0v) is 24.0. The van der Waals surface area contributed by atoms with Crippen LogP contribution in [0.3, 0.4) is 0 Å². The molecule has 0 N–H and O–H groups in total. The molecule has 184 valence electrons. The third-order valence-corrected chi connectivity index (χ3v) is 3.52. The molecule has 31 heavy (non-hydrogen) atoms. The van der Waals surface area contributed by atoms with Gasteiger partial charge >= 0.3 is 0 Å². The third kappa shape index (κ3) is 73.0. The summed E-state index contributed by atoms with van der Waals surface area (Å²) in [7, 11) is 0. The average molecular weight is 543 g/mol. The molecule has 0 saturated heterocycles. The van der Waals surface area contributed by atoms with Crippen LogP contribution in [-0.2, 0) is 19.2 Å². The summed E-state index contributed by atoms with van der Waals surface area (Å²) >= 11 is 0. The summed E-state index contributed by atoms with van der Waals surface area (Å²) in [6.45, 7) is 17.4. The molecule has 0 unspecified atom stereocenters. The van der Waals surface area contributed by atoms with Gasteiger partial charge in [-0.05, 0) is 27.7 Å². The molecule has 0 spiro atoms. The molecule has 0 bridgehead atoms. The summed E-state index contributed by atoms with van der Waals surface area (Å²) in [4.78, 5) is 39.9. The van der Waals surface area contributed by atoms with Crippen molar-refractivity contribution >= 4 is 47.0 Å². The molecule has 0 amide bonds. The first kappa shape index (κ1) is 40.6. The van der Waals surface area contributed by atoms with Crippen LogP contribution in [0.1, 0.15) is 119 Å². The Labute approximate surface area is 211 Å². The van der Waals surface area contributed by atoms with Gasteiger partial charge in [0.25, 0.3) is 0 Å². The molecule has 0 aromatic carbocycles. The predicted molar refractivity (Wildman–Crippen MR) is 135 cm³/mol. The van der Waals surface area contributed by atoms with Gasteiger partial charge in [-0.2, -0.15) is 12.8 Å². The smallest absolute Gasteiger partial charge is 0.00219 e. The van der Waals surface area contributed by atoms with Crippen LogP contribution in [0, 0.1) is 26.7 Å². The molecule has 0 aromatic rings. The Hall–Kier alpha value is -0.781. The molecule has 0 rings (SSSR count). The van der Waals surface area contributed by atoms with Crippen molar-refractivity contribution in [1.82, 2.24) is 0 Å². The van der Waals surface area contributed by atoms with Crippen molar-refractivity contribution in [3.63, 3.8) is 0 Å². The molecule has 4 nitrogen and oxygen atoms in total. The Morgan fingerprint density at radius 3 is 0.871 bits per heavy atom. The van der Waals surface area contributed by atoms with E-state index in [0.717, 1.165) is 25.7 Å². The summed E-state index contributed by atoms with van der Waals surface area (Å²) in [5, 5.41) is 0. The number of hydrogen-bond donors (Lipinski definition) is 0. The maximum Gasteiger partial charge on any atom is 0.00219 e. The van der Waals surface area contributed by atoms with Gasteiger partial charge in [0, 0.05) is 47.0 Å². The molecular weight excluding hydrogens is 495 g/mol. The van der Waals surface area contributed by atoms with E-state index in [0.29, 0.717) is 0 Å². The van der Waals surface area contributed by atoms with Gasteiger partial charge in [-0.1, -0.05) is 78.1 Å². The Bertz CT molecular complexity index is 332. The minimum atomic E-state index is -0.187. The summed E-state index contributed by atoms with van der Waals surface area (Å²) in [5.41, 5.74) is 0. The van der Waals surface area contributed by atoms with Crippen LogP contribution in [0.4, 0.5) is 0 Å². The van der Waals surface area contributed by atoms with Gasteiger partial charge in [-0.15, -0.1) is 0 Å². The van der Waals surface area contributed by atoms with Gasteiger partial charge in [0.15, 0.2) is 0 Å². The minimum Gasteiger partial charge on any atom is -0.343 e. The molecular formula is C26H48O4Sn-4. The first-order valence-corrected chi connectivity index (χ1v) is 11.4. The van der Waals surface area contributed by atoms with Crippen molar-refractivity contribution in [1.29, 1.82) is 0 Å². The quantitative estimate of drug-likeness (QED) is 0.106. The number of rotatable bonds is 14. The fourth-order valence-corrected chi connectivity index (χ4v) is 2.13. The number of unbranched alkanes of at least 4 members (excludes halogenated alkanes) is 10. The molecule has 0 aliphatic carbocycles. The standard InChI is InChI=1S/2C8H17.2C5H7O2.Sn/c2*1-3-5-7-8-6-4-2;2*1-4(6)3-5(2)7;/h2*1,3-8H2,2H3;2*3H,1-2H3;/q4*-1;. The van der Waals surface area contributed by atoms with E-state index < -0.39 is 0 Å². The van der Waals surface area contributed by atoms with Crippen LogP contribution in [0.2, 0.25) is 0 Å². The molecule has 5 heteroatoms. The Morgan fingerprint density at radius 1 is 0.516 bits per heavy atom. The van der Waals surface area contributed by atoms with Crippen LogP contribution < -0.4 is 0 Å². The van der Waals surface area contributed by atoms with E-state index in [9.17, 15) is 19.2 Å². The van der Waals surface area contributed by atoms with Crippen molar-refractivity contribution in [2.45, 2.75) is 119 Å². The fourth-order valence-electron chi connectivity index (χ4n) is 2.13. The number of hydrogen-bond acceptors (Lipinski definition) is 4. The van der Waals surface area contributed by atoms with E-state index in [-0.39, 0.29) is 47.0 Å². The summed E-state index contributed by atoms with van der Waals surface area (Å²) in [5.74, 6) is -0.750. The van der Waals surface area contributed by atoms with Gasteiger partial charge in [0.1, 0.15) is 0 Å². The molecule has 0 aliphatic rings. The molecule has 0 atom stereocenters. The normalized spacial score (nSPS) is 8.52. The second-order valence-electron chi connectivity index (χ2n) is 7.27. The molecule has 0 aliphatic heterocycles. The number of Topliss-reactive ketones (excluding diaryl/α,β-unsaturated/α-hetero) is 4. The van der Waals surface area contributed by atoms with Crippen LogP contribution in [-0.4, -0.2) is 47.0 Å². The molecule has 0 aromatic heterocycles. The summed E-state index contributed by atoms with van der Waals surface area (Å²) in [6.07, 6.45) is 18.1. The first-order chi connectivity index (χ1) is 14.1. The first-order valence-electron chi connectivity index (χ1n) is 11.4. The topological polar surface area (TPSA) is 68.3 Å². The van der Waals surface area contributed by atoms with Crippen LogP contribution >= 0.6 is 0 Å². The number of carbonyl (C=O) groups is 4. The van der Waals surface area contributed by atoms with E-state index in [2.05, 4.69) is 27.7 Å². The zero-order chi connectivity index (χ0) is 24.2. The second kappa shape index (κ2) is 36.6. The number of carbonyl (C=O) groups excluding carboxylic acids is 4. The van der Waals surface area contributed by atoms with E-state index in [4.69, 9.17) is 0 Å². The average Bonchev–Trinajstić information content (AvgIpc) is 2.62.